The Balaban J connectivity index is 2.18. The molecule has 0 heterocycles. The van der Waals surface area contributed by atoms with Crippen LogP contribution in [-0.2, 0) is 19.7 Å². The van der Waals surface area contributed by atoms with Crippen LogP contribution in [0.25, 0.3) is 0 Å². The summed E-state index contributed by atoms with van der Waals surface area (Å²) in [6, 6.07) is 10.3. The number of benzene rings is 2. The quantitative estimate of drug-likeness (QED) is 0.561. The van der Waals surface area contributed by atoms with E-state index in [0.717, 1.165) is 6.07 Å². The van der Waals surface area contributed by atoms with Gasteiger partial charge in [0.15, 0.2) is 6.61 Å². The van der Waals surface area contributed by atoms with E-state index in [-0.39, 0.29) is 28.0 Å². The molecular formula is C19H22ClN3O6S. The zero-order chi connectivity index (χ0) is 22.3. The van der Waals surface area contributed by atoms with Crippen molar-refractivity contribution in [1.82, 2.24) is 9.79 Å². The third kappa shape index (κ3) is 5.92. The summed E-state index contributed by atoms with van der Waals surface area (Å²) in [5.41, 5.74) is 0.484. The Morgan fingerprint density at radius 2 is 1.90 bits per heavy atom. The van der Waals surface area contributed by atoms with Crippen LogP contribution in [0.15, 0.2) is 47.4 Å². The van der Waals surface area contributed by atoms with Crippen molar-refractivity contribution >= 4 is 39.1 Å². The molecular weight excluding hydrogens is 434 g/mol. The van der Waals surface area contributed by atoms with E-state index in [9.17, 15) is 18.0 Å². The molecule has 0 atom stereocenters. The minimum Gasteiger partial charge on any atom is -0.484 e. The molecule has 0 aliphatic rings. The smallest absolute Gasteiger partial charge is 0.266 e. The van der Waals surface area contributed by atoms with Gasteiger partial charge in [-0.15, -0.1) is 0 Å². The average Bonchev–Trinajstić information content (AvgIpc) is 2.72. The fraction of sp³-hybridized carbons (Fsp3) is 0.263. The number of amides is 2. The van der Waals surface area contributed by atoms with Crippen LogP contribution in [-0.4, -0.2) is 52.0 Å². The van der Waals surface area contributed by atoms with E-state index in [1.54, 1.807) is 31.2 Å². The summed E-state index contributed by atoms with van der Waals surface area (Å²) in [5.74, 6) is -0.424. The summed E-state index contributed by atoms with van der Waals surface area (Å²) in [6.07, 6.45) is 0. The van der Waals surface area contributed by atoms with Crippen molar-refractivity contribution < 1.29 is 27.6 Å². The highest BCUT2D eigenvalue weighted by atomic mass is 35.5. The summed E-state index contributed by atoms with van der Waals surface area (Å²) in [4.78, 5) is 28.6. The maximum absolute atomic E-state index is 12.6. The molecule has 2 N–H and O–H groups in total. The van der Waals surface area contributed by atoms with Gasteiger partial charge >= 0.3 is 0 Å². The molecule has 0 saturated carbocycles. The van der Waals surface area contributed by atoms with Crippen molar-refractivity contribution in [2.45, 2.75) is 11.8 Å². The molecule has 2 amide bonds. The molecule has 11 heteroatoms. The fourth-order valence-corrected chi connectivity index (χ4v) is 3.82. The number of nitrogens with one attached hydrogen (secondary N) is 2. The summed E-state index contributed by atoms with van der Waals surface area (Å²) in [7, 11) is -1.62. The first-order chi connectivity index (χ1) is 14.2. The van der Waals surface area contributed by atoms with E-state index in [2.05, 4.69) is 10.6 Å². The van der Waals surface area contributed by atoms with Gasteiger partial charge in [0.05, 0.1) is 12.1 Å². The number of hydrogen-bond donors (Lipinski definition) is 2. The van der Waals surface area contributed by atoms with Crippen LogP contribution < -0.4 is 15.4 Å². The monoisotopic (exact) mass is 455 g/mol. The number of ether oxygens (including phenoxy) is 1. The lowest BCUT2D eigenvalue weighted by atomic mass is 10.2. The van der Waals surface area contributed by atoms with Crippen LogP contribution in [0.3, 0.4) is 0 Å². The number of rotatable bonds is 9. The summed E-state index contributed by atoms with van der Waals surface area (Å²) in [5, 5.41) is 5.22. The number of sulfonamides is 1. The van der Waals surface area contributed by atoms with Gasteiger partial charge < -0.3 is 15.4 Å². The molecule has 0 aliphatic heterocycles. The zero-order valence-electron chi connectivity index (χ0n) is 16.6. The van der Waals surface area contributed by atoms with Crippen LogP contribution in [0.1, 0.15) is 17.3 Å². The summed E-state index contributed by atoms with van der Waals surface area (Å²) < 4.78 is 31.0. The first kappa shape index (κ1) is 23.6. The molecule has 0 unspecified atom stereocenters. The average molecular weight is 456 g/mol. The Labute approximate surface area is 179 Å². The maximum Gasteiger partial charge on any atom is 0.266 e. The number of hydrogen-bond acceptors (Lipinski definition) is 6. The first-order valence-corrected chi connectivity index (χ1v) is 10.6. The summed E-state index contributed by atoms with van der Waals surface area (Å²) >= 11 is 6.01. The zero-order valence-corrected chi connectivity index (χ0v) is 18.2. The van der Waals surface area contributed by atoms with Gasteiger partial charge in [0.2, 0.25) is 0 Å². The molecule has 0 fully saturated rings. The van der Waals surface area contributed by atoms with Crippen molar-refractivity contribution in [3.05, 3.63) is 53.1 Å². The SMILES string of the molecule is CCNC(=O)COc1cccc(NC(=O)c2ccc(Cl)c(S(=O)(=O)N(C)OC)c2)c1. The van der Waals surface area contributed by atoms with Crippen LogP contribution in [0.5, 0.6) is 5.75 Å². The Bertz CT molecular complexity index is 1030. The minimum absolute atomic E-state index is 0.0452. The van der Waals surface area contributed by atoms with Gasteiger partial charge in [-0.1, -0.05) is 22.1 Å². The first-order valence-electron chi connectivity index (χ1n) is 8.82. The highest BCUT2D eigenvalue weighted by Gasteiger charge is 2.25. The second-order valence-electron chi connectivity index (χ2n) is 5.97. The van der Waals surface area contributed by atoms with Gasteiger partial charge in [0.25, 0.3) is 21.8 Å². The van der Waals surface area contributed by atoms with E-state index in [4.69, 9.17) is 21.2 Å². The predicted molar refractivity (Wildman–Crippen MR) is 112 cm³/mol. The highest BCUT2D eigenvalue weighted by Crippen LogP contribution is 2.26. The molecule has 30 heavy (non-hydrogen) atoms. The molecule has 2 rings (SSSR count). The standard InChI is InChI=1S/C19H22ClN3O6S/c1-4-21-18(24)12-29-15-7-5-6-14(11-15)22-19(25)13-8-9-16(20)17(10-13)30(26,27)23(2)28-3/h5-11H,4,12H2,1-3H3,(H,21,24)(H,22,25). The molecule has 0 bridgehead atoms. The van der Waals surface area contributed by atoms with Crippen LogP contribution in [0.2, 0.25) is 5.02 Å². The van der Waals surface area contributed by atoms with E-state index < -0.39 is 15.9 Å². The number of likely N-dealkylation sites (N-methyl/N-ethyl adjacent to an activating group) is 1. The number of hydroxylamine groups is 1. The number of halogens is 1. The van der Waals surface area contributed by atoms with Crippen molar-refractivity contribution in [3.8, 4) is 5.75 Å². The number of nitrogens with zero attached hydrogens (tertiary/aromatic N) is 1. The van der Waals surface area contributed by atoms with E-state index in [1.807, 2.05) is 0 Å². The van der Waals surface area contributed by atoms with E-state index in [1.165, 1.54) is 26.3 Å². The summed E-state index contributed by atoms with van der Waals surface area (Å²) in [6.45, 7) is 2.14. The maximum atomic E-state index is 12.6. The van der Waals surface area contributed by atoms with Crippen LogP contribution >= 0.6 is 11.6 Å². The topological polar surface area (TPSA) is 114 Å². The predicted octanol–water partition coefficient (Wildman–Crippen LogP) is 2.29. The molecule has 0 saturated heterocycles. The largest absolute Gasteiger partial charge is 0.484 e. The number of anilines is 1. The van der Waals surface area contributed by atoms with E-state index in [0.29, 0.717) is 22.5 Å². The third-order valence-corrected chi connectivity index (χ3v) is 6.06. The van der Waals surface area contributed by atoms with Crippen molar-refractivity contribution in [1.29, 1.82) is 0 Å². The minimum atomic E-state index is -4.03. The van der Waals surface area contributed by atoms with Crippen molar-refractivity contribution in [3.63, 3.8) is 0 Å². The Hall–Kier alpha value is -2.66. The van der Waals surface area contributed by atoms with Gasteiger partial charge in [-0.05, 0) is 37.3 Å². The second kappa shape index (κ2) is 10.4. The van der Waals surface area contributed by atoms with Crippen molar-refractivity contribution in [2.75, 3.05) is 32.6 Å². The lowest BCUT2D eigenvalue weighted by molar-refractivity contribution is -0.122. The molecule has 0 radical (unpaired) electrons. The van der Waals surface area contributed by atoms with Gasteiger partial charge in [-0.3, -0.25) is 14.4 Å². The fourth-order valence-electron chi connectivity index (χ4n) is 2.34. The van der Waals surface area contributed by atoms with Gasteiger partial charge in [0, 0.05) is 30.9 Å². The number of carbonyl (C=O) groups is 2. The second-order valence-corrected chi connectivity index (χ2v) is 8.28. The molecule has 2 aromatic carbocycles. The van der Waals surface area contributed by atoms with Gasteiger partial charge in [-0.2, -0.15) is 0 Å². The van der Waals surface area contributed by atoms with Crippen LogP contribution in [0, 0.1) is 0 Å². The molecule has 0 aromatic heterocycles. The van der Waals surface area contributed by atoms with Crippen LogP contribution in [0.4, 0.5) is 5.69 Å². The molecule has 2 aromatic rings. The number of carbonyl (C=O) groups excluding carboxylic acids is 2. The lowest BCUT2D eigenvalue weighted by Crippen LogP contribution is -2.28. The highest BCUT2D eigenvalue weighted by molar-refractivity contribution is 7.89. The van der Waals surface area contributed by atoms with E-state index >= 15 is 0 Å². The Morgan fingerprint density at radius 3 is 2.57 bits per heavy atom. The molecule has 9 nitrogen and oxygen atoms in total. The Kier molecular flexibility index (Phi) is 8.18. The molecule has 162 valence electrons. The van der Waals surface area contributed by atoms with Gasteiger partial charge in [-0.25, -0.2) is 8.42 Å². The molecule has 0 aliphatic carbocycles. The normalized spacial score (nSPS) is 11.2. The van der Waals surface area contributed by atoms with Crippen molar-refractivity contribution in [2.24, 2.45) is 0 Å². The third-order valence-electron chi connectivity index (χ3n) is 3.90. The lowest BCUT2D eigenvalue weighted by Gasteiger charge is -2.16. The Morgan fingerprint density at radius 1 is 1.17 bits per heavy atom. The molecule has 0 spiro atoms. The van der Waals surface area contributed by atoms with Gasteiger partial charge in [0.1, 0.15) is 10.6 Å².